The zero-order valence-electron chi connectivity index (χ0n) is 4.89. The Bertz CT molecular complexity index is 136. The van der Waals surface area contributed by atoms with Crippen molar-refractivity contribution in [3.05, 3.63) is 18.7 Å². The molecular weight excluding hydrogens is 223 g/mol. The van der Waals surface area contributed by atoms with Crippen molar-refractivity contribution in [3.63, 3.8) is 0 Å². The Morgan fingerprint density at radius 2 is 2.00 bits per heavy atom. The SMILES string of the molecule is Br.O=[PH](O)O.c1c[nH]cn1. The molecule has 0 saturated carbocycles. The van der Waals surface area contributed by atoms with Crippen LogP contribution < -0.4 is 0 Å². The summed E-state index contributed by atoms with van der Waals surface area (Å²) in [6, 6.07) is 0. The number of nitrogens with one attached hydrogen (secondary N) is 1. The van der Waals surface area contributed by atoms with Gasteiger partial charge in [-0.05, 0) is 0 Å². The van der Waals surface area contributed by atoms with Gasteiger partial charge >= 0.3 is 8.25 Å². The van der Waals surface area contributed by atoms with Crippen molar-refractivity contribution >= 4 is 25.2 Å². The summed E-state index contributed by atoms with van der Waals surface area (Å²) in [6.45, 7) is 0. The Kier molecular flexibility index (Phi) is 11.1. The monoisotopic (exact) mass is 230 g/mol. The number of nitrogens with zero attached hydrogens (tertiary/aromatic N) is 1. The Labute approximate surface area is 68.8 Å². The van der Waals surface area contributed by atoms with E-state index in [1.807, 2.05) is 0 Å². The average molecular weight is 231 g/mol. The number of rotatable bonds is 0. The molecule has 0 aliphatic carbocycles. The first kappa shape index (κ1) is 12.5. The number of hydrogen-bond acceptors (Lipinski definition) is 2. The number of H-pyrrole nitrogens is 1. The van der Waals surface area contributed by atoms with Gasteiger partial charge in [-0.25, -0.2) is 4.98 Å². The smallest absolute Gasteiger partial charge is 0.314 e. The van der Waals surface area contributed by atoms with Crippen molar-refractivity contribution < 1.29 is 14.4 Å². The molecule has 0 amide bonds. The van der Waals surface area contributed by atoms with Gasteiger partial charge < -0.3 is 14.8 Å². The Balaban J connectivity index is 0. The predicted octanol–water partition coefficient (Wildman–Crippen LogP) is 0.348. The molecule has 0 bridgehead atoms. The van der Waals surface area contributed by atoms with Crippen LogP contribution in [0.2, 0.25) is 0 Å². The van der Waals surface area contributed by atoms with E-state index in [9.17, 15) is 0 Å². The highest BCUT2D eigenvalue weighted by Gasteiger charge is 1.61. The van der Waals surface area contributed by atoms with E-state index in [4.69, 9.17) is 14.4 Å². The molecule has 0 unspecified atom stereocenters. The first-order valence-electron chi connectivity index (χ1n) is 2.08. The minimum atomic E-state index is -3.13. The van der Waals surface area contributed by atoms with E-state index >= 15 is 0 Å². The molecule has 5 nitrogen and oxygen atoms in total. The van der Waals surface area contributed by atoms with E-state index in [0.717, 1.165) is 0 Å². The molecule has 0 saturated heterocycles. The summed E-state index contributed by atoms with van der Waals surface area (Å²) < 4.78 is 8.74. The molecule has 1 heterocycles. The molecular formula is C3H8BrN2O3P. The fraction of sp³-hybridized carbons (Fsp3) is 0. The standard InChI is InChI=1S/C3H4N2.BrH.H3O3P/c1-2-5-3-4-1;;1-4(2)3/h1-3H,(H,4,5);1H;4H,(H2,1,2,3). The second-order valence-electron chi connectivity index (χ2n) is 1.04. The number of imidazole rings is 1. The molecule has 0 aromatic carbocycles. The highest BCUT2D eigenvalue weighted by atomic mass is 79.9. The summed E-state index contributed by atoms with van der Waals surface area (Å²) in [5.74, 6) is 0. The topological polar surface area (TPSA) is 86.2 Å². The van der Waals surface area contributed by atoms with Crippen LogP contribution >= 0.6 is 25.2 Å². The highest BCUT2D eigenvalue weighted by molar-refractivity contribution is 8.93. The molecule has 10 heavy (non-hydrogen) atoms. The Morgan fingerprint density at radius 3 is 2.10 bits per heavy atom. The van der Waals surface area contributed by atoms with Crippen molar-refractivity contribution in [2.75, 3.05) is 0 Å². The van der Waals surface area contributed by atoms with E-state index in [2.05, 4.69) is 9.97 Å². The molecule has 60 valence electrons. The second-order valence-corrected chi connectivity index (χ2v) is 1.61. The highest BCUT2D eigenvalue weighted by Crippen LogP contribution is 1.98. The predicted molar refractivity (Wildman–Crippen MR) is 42.3 cm³/mol. The van der Waals surface area contributed by atoms with Crippen LogP contribution in [0.1, 0.15) is 0 Å². The van der Waals surface area contributed by atoms with Crippen molar-refractivity contribution in [2.24, 2.45) is 0 Å². The lowest BCUT2D eigenvalue weighted by Crippen LogP contribution is -1.44. The second kappa shape index (κ2) is 8.84. The summed E-state index contributed by atoms with van der Waals surface area (Å²) in [4.78, 5) is 20.7. The summed E-state index contributed by atoms with van der Waals surface area (Å²) in [5, 5.41) is 0. The quantitative estimate of drug-likeness (QED) is 0.562. The third kappa shape index (κ3) is 15.7. The summed E-state index contributed by atoms with van der Waals surface area (Å²) in [6.07, 6.45) is 5.08. The first-order chi connectivity index (χ1) is 4.23. The lowest BCUT2D eigenvalue weighted by Gasteiger charge is -1.61. The van der Waals surface area contributed by atoms with E-state index in [-0.39, 0.29) is 17.0 Å². The van der Waals surface area contributed by atoms with Crippen LogP contribution in [0.25, 0.3) is 0 Å². The molecule has 3 N–H and O–H groups in total. The van der Waals surface area contributed by atoms with Crippen LogP contribution in [0.15, 0.2) is 18.7 Å². The fourth-order valence-electron chi connectivity index (χ4n) is 0.215. The maximum absolute atomic E-state index is 8.74. The van der Waals surface area contributed by atoms with Gasteiger partial charge in [0.2, 0.25) is 0 Å². The number of hydrogen-bond donors (Lipinski definition) is 3. The maximum Gasteiger partial charge on any atom is 0.314 e. The minimum Gasteiger partial charge on any atom is -0.351 e. The van der Waals surface area contributed by atoms with Gasteiger partial charge in [-0.15, -0.1) is 17.0 Å². The summed E-state index contributed by atoms with van der Waals surface area (Å²) >= 11 is 0. The number of aromatic nitrogens is 2. The van der Waals surface area contributed by atoms with Gasteiger partial charge in [-0.1, -0.05) is 0 Å². The third-order valence-corrected chi connectivity index (χ3v) is 0.406. The van der Waals surface area contributed by atoms with Crippen molar-refractivity contribution in [3.8, 4) is 0 Å². The normalized spacial score (nSPS) is 7.50. The van der Waals surface area contributed by atoms with Crippen molar-refractivity contribution in [2.45, 2.75) is 0 Å². The molecule has 0 aliphatic heterocycles. The molecule has 7 heteroatoms. The molecule has 0 spiro atoms. The summed E-state index contributed by atoms with van der Waals surface area (Å²) in [7, 11) is -3.13. The molecule has 1 rings (SSSR count). The molecule has 0 aliphatic rings. The van der Waals surface area contributed by atoms with Crippen LogP contribution in [-0.4, -0.2) is 19.8 Å². The Morgan fingerprint density at radius 1 is 1.50 bits per heavy atom. The van der Waals surface area contributed by atoms with Crippen LogP contribution in [0.4, 0.5) is 0 Å². The number of halogens is 1. The molecule has 0 radical (unpaired) electrons. The van der Waals surface area contributed by atoms with Gasteiger partial charge in [0.25, 0.3) is 0 Å². The largest absolute Gasteiger partial charge is 0.351 e. The maximum atomic E-state index is 8.74. The van der Waals surface area contributed by atoms with Crippen LogP contribution in [0, 0.1) is 0 Å². The van der Waals surface area contributed by atoms with Crippen LogP contribution in [0.3, 0.4) is 0 Å². The first-order valence-corrected chi connectivity index (χ1v) is 3.38. The fourth-order valence-corrected chi connectivity index (χ4v) is 0.215. The van der Waals surface area contributed by atoms with Crippen molar-refractivity contribution in [1.29, 1.82) is 0 Å². The minimum absolute atomic E-state index is 0. The zero-order chi connectivity index (χ0) is 7.11. The van der Waals surface area contributed by atoms with E-state index in [1.54, 1.807) is 18.7 Å². The lowest BCUT2D eigenvalue weighted by atomic mass is 11.0. The molecule has 0 fully saturated rings. The van der Waals surface area contributed by atoms with Crippen LogP contribution in [0.5, 0.6) is 0 Å². The van der Waals surface area contributed by atoms with Gasteiger partial charge in [0, 0.05) is 12.4 Å². The van der Waals surface area contributed by atoms with E-state index in [1.165, 1.54) is 0 Å². The van der Waals surface area contributed by atoms with Gasteiger partial charge in [0.1, 0.15) is 0 Å². The Hall–Kier alpha value is -0.160. The average Bonchev–Trinajstić information content (AvgIpc) is 2.11. The van der Waals surface area contributed by atoms with Gasteiger partial charge in [-0.3, -0.25) is 4.57 Å². The van der Waals surface area contributed by atoms with Gasteiger partial charge in [-0.2, -0.15) is 0 Å². The summed E-state index contributed by atoms with van der Waals surface area (Å²) in [5.41, 5.74) is 0. The number of aromatic amines is 1. The van der Waals surface area contributed by atoms with E-state index in [0.29, 0.717) is 0 Å². The van der Waals surface area contributed by atoms with Crippen molar-refractivity contribution in [1.82, 2.24) is 9.97 Å². The van der Waals surface area contributed by atoms with E-state index < -0.39 is 8.25 Å². The molecule has 1 aromatic heterocycles. The zero-order valence-corrected chi connectivity index (χ0v) is 7.60. The van der Waals surface area contributed by atoms with Gasteiger partial charge in [0.05, 0.1) is 6.33 Å². The lowest BCUT2D eigenvalue weighted by molar-refractivity contribution is 0.405. The third-order valence-electron chi connectivity index (χ3n) is 0.406. The molecule has 1 aromatic rings. The van der Waals surface area contributed by atoms with Gasteiger partial charge in [0.15, 0.2) is 0 Å². The van der Waals surface area contributed by atoms with Crippen LogP contribution in [-0.2, 0) is 4.57 Å². The molecule has 0 atom stereocenters.